The van der Waals surface area contributed by atoms with E-state index >= 15 is 0 Å². The second-order valence-electron chi connectivity index (χ2n) is 21.7. The normalized spacial score (nSPS) is 24.7. The van der Waals surface area contributed by atoms with Crippen molar-refractivity contribution in [3.05, 3.63) is 106 Å². The molecular formula is C57H77ClN2O8Si. The molecule has 0 saturated heterocycles. The number of carbonyl (C=O) groups excluding carboxylic acids is 1. The molecule has 10 nitrogen and oxygen atoms in total. The Bertz CT molecular complexity index is 2360. The number of ether oxygens (including phenoxy) is 6. The standard InChI is InChI=1S/C57H77ClN2O8Si/c1-36(2)69(37(3)4,38(5)6)68-50-19-14-40(8)53-49(20-25-59-54(50)53)65-31-39(7)26-44-27-43-28-51-52(67-35-42(34-66-51)33-64-32-41-15-17-47(62-9)18-16-41)30-48(43)56(44)21-23-57(24-22-56,55(61)63-10)60-46-13-11-12-45(58)29-46/h11-13,15-18,20,25,28-30,36-40,42,44,50,60H,14,19,21-24,26-27,31-35H2,1-10H3/t39-,40+,42?,44+,50-,56?,57?/m1/s1. The number of halogens is 1. The first kappa shape index (κ1) is 51.1. The number of hydrogen-bond acceptors (Lipinski definition) is 10. The van der Waals surface area contributed by atoms with Gasteiger partial charge in [0.2, 0.25) is 8.32 Å². The van der Waals surface area contributed by atoms with Crippen LogP contribution < -0.4 is 24.3 Å². The fraction of sp³-hybridized carbons (Fsp3) is 0.579. The summed E-state index contributed by atoms with van der Waals surface area (Å²) in [6, 6.07) is 22.1. The van der Waals surface area contributed by atoms with E-state index < -0.39 is 13.9 Å². The Balaban J connectivity index is 1.02. The zero-order chi connectivity index (χ0) is 49.1. The number of nitrogens with one attached hydrogen (secondary N) is 1. The number of hydrogen-bond donors (Lipinski definition) is 1. The maximum Gasteiger partial charge on any atom is 0.331 e. The van der Waals surface area contributed by atoms with Crippen LogP contribution in [-0.4, -0.2) is 65.5 Å². The Morgan fingerprint density at radius 2 is 1.58 bits per heavy atom. The van der Waals surface area contributed by atoms with Crippen LogP contribution in [0.15, 0.2) is 72.9 Å². The van der Waals surface area contributed by atoms with Gasteiger partial charge in [0, 0.05) is 22.5 Å². The summed E-state index contributed by atoms with van der Waals surface area (Å²) in [4.78, 5) is 18.9. The third kappa shape index (κ3) is 10.5. The topological polar surface area (TPSA) is 107 Å². The highest BCUT2D eigenvalue weighted by atomic mass is 35.5. The van der Waals surface area contributed by atoms with Crippen LogP contribution >= 0.6 is 11.6 Å². The molecule has 374 valence electrons. The van der Waals surface area contributed by atoms with Gasteiger partial charge in [-0.25, -0.2) is 4.79 Å². The molecule has 1 aromatic heterocycles. The zero-order valence-corrected chi connectivity index (χ0v) is 44.6. The summed E-state index contributed by atoms with van der Waals surface area (Å²) in [5.74, 6) is 4.05. The third-order valence-electron chi connectivity index (χ3n) is 16.4. The van der Waals surface area contributed by atoms with Crippen molar-refractivity contribution in [1.29, 1.82) is 0 Å². The molecule has 69 heavy (non-hydrogen) atoms. The van der Waals surface area contributed by atoms with Crippen molar-refractivity contribution in [3.63, 3.8) is 0 Å². The Kier molecular flexibility index (Phi) is 16.0. The molecule has 3 aromatic carbocycles. The van der Waals surface area contributed by atoms with Crippen LogP contribution in [0.5, 0.6) is 23.0 Å². The molecule has 0 bridgehead atoms. The number of rotatable bonds is 18. The van der Waals surface area contributed by atoms with Gasteiger partial charge in [0.1, 0.15) is 17.0 Å². The van der Waals surface area contributed by atoms with Crippen LogP contribution in [0.2, 0.25) is 21.6 Å². The monoisotopic (exact) mass is 981 g/mol. The van der Waals surface area contributed by atoms with E-state index in [0.29, 0.717) is 79.4 Å². The minimum absolute atomic E-state index is 0.0166. The molecule has 0 amide bonds. The largest absolute Gasteiger partial charge is 0.497 e. The van der Waals surface area contributed by atoms with E-state index in [0.717, 1.165) is 78.5 Å². The quantitative estimate of drug-likeness (QED) is 0.0765. The first-order valence-electron chi connectivity index (χ1n) is 25.7. The maximum absolute atomic E-state index is 13.9. The number of methoxy groups -OCH3 is 2. The van der Waals surface area contributed by atoms with Crippen LogP contribution in [0.3, 0.4) is 0 Å². The van der Waals surface area contributed by atoms with Crippen molar-refractivity contribution in [2.75, 3.05) is 46.0 Å². The summed E-state index contributed by atoms with van der Waals surface area (Å²) in [6.07, 6.45) is 8.62. The summed E-state index contributed by atoms with van der Waals surface area (Å²) in [5, 5.41) is 4.23. The molecule has 1 unspecified atom stereocenters. The van der Waals surface area contributed by atoms with Gasteiger partial charge in [-0.05, 0) is 156 Å². The molecule has 5 atom stereocenters. The molecule has 1 aliphatic heterocycles. The van der Waals surface area contributed by atoms with Crippen LogP contribution in [0.1, 0.15) is 140 Å². The zero-order valence-electron chi connectivity index (χ0n) is 42.8. The highest BCUT2D eigenvalue weighted by molar-refractivity contribution is 6.77. The lowest BCUT2D eigenvalue weighted by atomic mass is 9.59. The van der Waals surface area contributed by atoms with Crippen LogP contribution in [-0.2, 0) is 37.1 Å². The summed E-state index contributed by atoms with van der Waals surface area (Å²) in [5.41, 5.74) is 7.19. The van der Waals surface area contributed by atoms with Crippen LogP contribution in [0.4, 0.5) is 5.69 Å². The molecule has 2 heterocycles. The molecule has 1 N–H and O–H groups in total. The van der Waals surface area contributed by atoms with Gasteiger partial charge in [0.25, 0.3) is 0 Å². The number of pyridine rings is 1. The first-order chi connectivity index (χ1) is 33.1. The molecule has 1 fully saturated rings. The SMILES string of the molecule is COC(=O)C1(Nc2cccc(Cl)c2)CCC2(CC1)c1cc3c(cc1C[C@@H]2C[C@@H](C)COc1ccnc2c1[C@@H](C)CC[C@H]2O[Si](C(C)C)(C(C)C)C(C)C)OCC(COCc1ccc(OC)cc1)CO3. The molecule has 1 saturated carbocycles. The van der Waals surface area contributed by atoms with E-state index in [2.05, 4.69) is 78.9 Å². The van der Waals surface area contributed by atoms with Crippen LogP contribution in [0, 0.1) is 17.8 Å². The lowest BCUT2D eigenvalue weighted by molar-refractivity contribution is -0.148. The Hall–Kier alpha value is -4.29. The van der Waals surface area contributed by atoms with E-state index in [-0.39, 0.29) is 29.3 Å². The van der Waals surface area contributed by atoms with Gasteiger partial charge in [-0.3, -0.25) is 4.98 Å². The Morgan fingerprint density at radius 3 is 2.23 bits per heavy atom. The van der Waals surface area contributed by atoms with Gasteiger partial charge in [-0.1, -0.05) is 85.2 Å². The fourth-order valence-electron chi connectivity index (χ4n) is 12.9. The predicted octanol–water partition coefficient (Wildman–Crippen LogP) is 13.6. The molecule has 0 radical (unpaired) electrons. The average molecular weight is 982 g/mol. The number of carbonyl (C=O) groups is 1. The van der Waals surface area contributed by atoms with Crippen molar-refractivity contribution >= 4 is 31.6 Å². The summed E-state index contributed by atoms with van der Waals surface area (Å²) < 4.78 is 44.5. The van der Waals surface area contributed by atoms with Gasteiger partial charge >= 0.3 is 5.97 Å². The average Bonchev–Trinajstić information content (AvgIpc) is 3.45. The minimum atomic E-state index is -2.14. The highest BCUT2D eigenvalue weighted by Crippen LogP contribution is 2.58. The predicted molar refractivity (Wildman–Crippen MR) is 277 cm³/mol. The summed E-state index contributed by atoms with van der Waals surface area (Å²) in [6.45, 7) is 21.4. The van der Waals surface area contributed by atoms with Crippen molar-refractivity contribution in [3.8, 4) is 23.0 Å². The van der Waals surface area contributed by atoms with E-state index in [9.17, 15) is 4.79 Å². The molecule has 8 rings (SSSR count). The van der Waals surface area contributed by atoms with E-state index in [1.165, 1.54) is 23.8 Å². The second-order valence-corrected chi connectivity index (χ2v) is 27.6. The van der Waals surface area contributed by atoms with Gasteiger partial charge in [-0.15, -0.1) is 0 Å². The minimum Gasteiger partial charge on any atom is -0.497 e. The number of esters is 1. The number of benzene rings is 3. The molecular weight excluding hydrogens is 904 g/mol. The lowest BCUT2D eigenvalue weighted by Crippen LogP contribution is -2.53. The van der Waals surface area contributed by atoms with Crippen molar-refractivity contribution in [1.82, 2.24) is 4.98 Å². The number of aromatic nitrogens is 1. The second kappa shape index (κ2) is 21.6. The fourth-order valence-corrected chi connectivity index (χ4v) is 18.6. The third-order valence-corrected chi connectivity index (χ3v) is 22.7. The summed E-state index contributed by atoms with van der Waals surface area (Å²) in [7, 11) is 1.02. The molecule has 1 spiro atoms. The maximum atomic E-state index is 13.9. The van der Waals surface area contributed by atoms with Gasteiger partial charge < -0.3 is 38.2 Å². The number of anilines is 1. The lowest BCUT2D eigenvalue weighted by Gasteiger charge is -2.47. The van der Waals surface area contributed by atoms with Crippen molar-refractivity contribution < 1.29 is 37.6 Å². The molecule has 4 aromatic rings. The Morgan fingerprint density at radius 1 is 0.884 bits per heavy atom. The molecule has 4 aliphatic rings. The Labute approximate surface area is 418 Å². The molecule has 12 heteroatoms. The number of fused-ring (bicyclic) bond motifs is 4. The van der Waals surface area contributed by atoms with Gasteiger partial charge in [-0.2, -0.15) is 0 Å². The van der Waals surface area contributed by atoms with Crippen molar-refractivity contribution in [2.45, 2.75) is 153 Å². The van der Waals surface area contributed by atoms with Gasteiger partial charge in [0.05, 0.1) is 65.0 Å². The summed E-state index contributed by atoms with van der Waals surface area (Å²) >= 11 is 6.44. The number of nitrogens with zero attached hydrogens (tertiary/aromatic N) is 1. The van der Waals surface area contributed by atoms with E-state index in [1.807, 2.05) is 54.7 Å². The highest BCUT2D eigenvalue weighted by Gasteiger charge is 2.55. The van der Waals surface area contributed by atoms with Crippen molar-refractivity contribution in [2.24, 2.45) is 17.8 Å². The van der Waals surface area contributed by atoms with Gasteiger partial charge in [0.15, 0.2) is 11.5 Å². The van der Waals surface area contributed by atoms with E-state index in [4.69, 9.17) is 49.4 Å². The molecule has 3 aliphatic carbocycles. The first-order valence-corrected chi connectivity index (χ1v) is 28.2. The van der Waals surface area contributed by atoms with E-state index in [1.54, 1.807) is 7.11 Å². The van der Waals surface area contributed by atoms with Crippen LogP contribution in [0.25, 0.3) is 0 Å². The smallest absolute Gasteiger partial charge is 0.331 e.